The van der Waals surface area contributed by atoms with Crippen molar-refractivity contribution in [2.24, 2.45) is 0 Å². The third-order valence-corrected chi connectivity index (χ3v) is 2.37. The predicted octanol–water partition coefficient (Wildman–Crippen LogP) is 2.47. The minimum absolute atomic E-state index is 0.467. The van der Waals surface area contributed by atoms with Gasteiger partial charge in [-0.1, -0.05) is 13.8 Å². The molecule has 3 heteroatoms. The summed E-state index contributed by atoms with van der Waals surface area (Å²) >= 11 is 0. The maximum Gasteiger partial charge on any atom is 0.0877 e. The van der Waals surface area contributed by atoms with Gasteiger partial charge in [0.15, 0.2) is 0 Å². The number of aromatic nitrogens is 3. The Hall–Kier alpha value is -1.38. The lowest BCUT2D eigenvalue weighted by Crippen LogP contribution is -1.95. The first-order valence-electron chi connectivity index (χ1n) is 4.91. The summed E-state index contributed by atoms with van der Waals surface area (Å²) in [5.74, 6) is 0.467. The van der Waals surface area contributed by atoms with Gasteiger partial charge in [-0.2, -0.15) is 5.10 Å². The molecule has 0 radical (unpaired) electrons. The maximum absolute atomic E-state index is 4.51. The van der Waals surface area contributed by atoms with Gasteiger partial charge in [-0.15, -0.1) is 0 Å². The molecule has 2 heterocycles. The highest BCUT2D eigenvalue weighted by atomic mass is 15.2. The van der Waals surface area contributed by atoms with Crippen molar-refractivity contribution < 1.29 is 0 Å². The average Bonchev–Trinajstić information content (AvgIpc) is 2.47. The van der Waals surface area contributed by atoms with Crippen LogP contribution in [0.1, 0.15) is 36.8 Å². The molecule has 0 saturated heterocycles. The summed E-state index contributed by atoms with van der Waals surface area (Å²) in [7, 11) is 0. The largest absolute Gasteiger partial charge is 0.255 e. The fourth-order valence-electron chi connectivity index (χ4n) is 1.59. The first-order valence-corrected chi connectivity index (χ1v) is 4.91. The highest BCUT2D eigenvalue weighted by molar-refractivity contribution is 5.52. The fourth-order valence-corrected chi connectivity index (χ4v) is 1.59. The van der Waals surface area contributed by atoms with Crippen LogP contribution in [0.25, 0.3) is 5.52 Å². The Labute approximate surface area is 83.8 Å². The van der Waals surface area contributed by atoms with E-state index in [1.54, 1.807) is 0 Å². The van der Waals surface area contributed by atoms with Crippen molar-refractivity contribution >= 4 is 5.52 Å². The zero-order valence-corrected chi connectivity index (χ0v) is 9.07. The smallest absolute Gasteiger partial charge is 0.0877 e. The van der Waals surface area contributed by atoms with Crippen LogP contribution in [0.3, 0.4) is 0 Å². The molecule has 0 aliphatic rings. The number of hydrogen-bond donors (Lipinski definition) is 0. The minimum Gasteiger partial charge on any atom is -0.255 e. The van der Waals surface area contributed by atoms with E-state index in [9.17, 15) is 0 Å². The third kappa shape index (κ3) is 1.39. The molecule has 0 amide bonds. The van der Waals surface area contributed by atoms with Gasteiger partial charge >= 0.3 is 0 Å². The second-order valence-corrected chi connectivity index (χ2v) is 4.02. The lowest BCUT2D eigenvalue weighted by molar-refractivity contribution is 0.783. The Kier molecular flexibility index (Phi) is 2.02. The molecule has 0 aliphatic heterocycles. The van der Waals surface area contributed by atoms with E-state index < -0.39 is 0 Å². The summed E-state index contributed by atoms with van der Waals surface area (Å²) < 4.78 is 1.92. The maximum atomic E-state index is 4.51. The van der Waals surface area contributed by atoms with Gasteiger partial charge in [0.2, 0.25) is 0 Å². The topological polar surface area (TPSA) is 30.2 Å². The van der Waals surface area contributed by atoms with Gasteiger partial charge in [-0.25, -0.2) is 4.52 Å². The second-order valence-electron chi connectivity index (χ2n) is 4.02. The van der Waals surface area contributed by atoms with Crippen molar-refractivity contribution in [1.29, 1.82) is 0 Å². The molecule has 0 N–H and O–H groups in total. The van der Waals surface area contributed by atoms with Crippen molar-refractivity contribution in [3.63, 3.8) is 0 Å². The van der Waals surface area contributed by atoms with Gasteiger partial charge in [0, 0.05) is 0 Å². The fraction of sp³-hybridized carbons (Fsp3) is 0.455. The zero-order valence-electron chi connectivity index (χ0n) is 9.07. The van der Waals surface area contributed by atoms with E-state index in [0.717, 1.165) is 22.6 Å². The molecule has 14 heavy (non-hydrogen) atoms. The van der Waals surface area contributed by atoms with Gasteiger partial charge in [0.05, 0.1) is 28.8 Å². The van der Waals surface area contributed by atoms with Gasteiger partial charge in [-0.05, 0) is 25.8 Å². The zero-order chi connectivity index (χ0) is 10.3. The third-order valence-electron chi connectivity index (χ3n) is 2.37. The Morgan fingerprint density at radius 2 is 2.00 bits per heavy atom. The van der Waals surface area contributed by atoms with Crippen LogP contribution in [-0.4, -0.2) is 14.6 Å². The van der Waals surface area contributed by atoms with Crippen LogP contribution in [0.15, 0.2) is 12.3 Å². The van der Waals surface area contributed by atoms with E-state index in [-0.39, 0.29) is 0 Å². The summed E-state index contributed by atoms with van der Waals surface area (Å²) in [6, 6.07) is 2.12. The Morgan fingerprint density at radius 3 is 2.64 bits per heavy atom. The first-order chi connectivity index (χ1) is 6.58. The molecule has 0 unspecified atom stereocenters. The molecule has 0 bridgehead atoms. The second kappa shape index (κ2) is 3.08. The number of fused-ring (bicyclic) bond motifs is 1. The van der Waals surface area contributed by atoms with Crippen molar-refractivity contribution in [2.45, 2.75) is 33.6 Å². The molecule has 0 aromatic carbocycles. The molecule has 74 valence electrons. The molecule has 2 aromatic rings. The molecule has 0 fully saturated rings. The van der Waals surface area contributed by atoms with E-state index >= 15 is 0 Å². The molecule has 3 nitrogen and oxygen atoms in total. The highest BCUT2D eigenvalue weighted by Crippen LogP contribution is 2.17. The van der Waals surface area contributed by atoms with E-state index in [1.807, 2.05) is 24.6 Å². The summed E-state index contributed by atoms with van der Waals surface area (Å²) in [4.78, 5) is 4.41. The number of hydrogen-bond acceptors (Lipinski definition) is 2. The summed E-state index contributed by atoms with van der Waals surface area (Å²) in [6.07, 6.45) is 1.97. The molecule has 0 aliphatic carbocycles. The lowest BCUT2D eigenvalue weighted by Gasteiger charge is -1.98. The number of aryl methyl sites for hydroxylation is 2. The average molecular weight is 189 g/mol. The first kappa shape index (κ1) is 9.19. The Balaban J connectivity index is 2.70. The van der Waals surface area contributed by atoms with Crippen molar-refractivity contribution in [1.82, 2.24) is 14.6 Å². The minimum atomic E-state index is 0.467. The van der Waals surface area contributed by atoms with E-state index in [2.05, 4.69) is 30.0 Å². The van der Waals surface area contributed by atoms with Crippen molar-refractivity contribution in [3.8, 4) is 0 Å². The quantitative estimate of drug-likeness (QED) is 0.689. The summed E-state index contributed by atoms with van der Waals surface area (Å²) in [5.41, 5.74) is 4.29. The molecule has 2 rings (SSSR count). The van der Waals surface area contributed by atoms with Crippen LogP contribution >= 0.6 is 0 Å². The van der Waals surface area contributed by atoms with E-state index in [0.29, 0.717) is 5.92 Å². The van der Waals surface area contributed by atoms with Crippen LogP contribution in [0.4, 0.5) is 0 Å². The molecule has 0 spiro atoms. The van der Waals surface area contributed by atoms with E-state index in [4.69, 9.17) is 0 Å². The van der Waals surface area contributed by atoms with Gasteiger partial charge in [0.25, 0.3) is 0 Å². The standard InChI is InChI=1S/C11H15N3/c1-7(2)10-5-11-9(4)12-8(3)6-14(11)13-10/h5-7H,1-4H3. The van der Waals surface area contributed by atoms with Crippen LogP contribution in [0.2, 0.25) is 0 Å². The van der Waals surface area contributed by atoms with Gasteiger partial charge in [0.1, 0.15) is 0 Å². The van der Waals surface area contributed by atoms with Crippen molar-refractivity contribution in [3.05, 3.63) is 29.3 Å². The number of nitrogens with zero attached hydrogens (tertiary/aromatic N) is 3. The van der Waals surface area contributed by atoms with E-state index in [1.165, 1.54) is 0 Å². The predicted molar refractivity (Wildman–Crippen MR) is 56.6 cm³/mol. The molecule has 0 saturated carbocycles. The molecule has 0 atom stereocenters. The van der Waals surface area contributed by atoms with Crippen LogP contribution in [-0.2, 0) is 0 Å². The Bertz CT molecular complexity index is 469. The monoisotopic (exact) mass is 189 g/mol. The molecule has 2 aromatic heterocycles. The summed E-state index contributed by atoms with van der Waals surface area (Å²) in [5, 5.41) is 4.51. The van der Waals surface area contributed by atoms with Gasteiger partial charge in [-0.3, -0.25) is 4.98 Å². The Morgan fingerprint density at radius 1 is 1.29 bits per heavy atom. The molecular weight excluding hydrogens is 174 g/mol. The summed E-state index contributed by atoms with van der Waals surface area (Å²) in [6.45, 7) is 8.31. The lowest BCUT2D eigenvalue weighted by atomic mass is 10.1. The van der Waals surface area contributed by atoms with Crippen LogP contribution in [0.5, 0.6) is 0 Å². The highest BCUT2D eigenvalue weighted by Gasteiger charge is 2.07. The number of rotatable bonds is 1. The van der Waals surface area contributed by atoms with Crippen LogP contribution < -0.4 is 0 Å². The van der Waals surface area contributed by atoms with Crippen LogP contribution in [0, 0.1) is 13.8 Å². The van der Waals surface area contributed by atoms with Gasteiger partial charge < -0.3 is 0 Å². The van der Waals surface area contributed by atoms with Crippen molar-refractivity contribution in [2.75, 3.05) is 0 Å². The molecular formula is C11H15N3. The SMILES string of the molecule is Cc1cn2nc(C(C)C)cc2c(C)n1. The normalized spacial score (nSPS) is 11.5.